The van der Waals surface area contributed by atoms with Gasteiger partial charge in [-0.2, -0.15) is 4.98 Å². The van der Waals surface area contributed by atoms with Crippen LogP contribution in [0.2, 0.25) is 0 Å². The summed E-state index contributed by atoms with van der Waals surface area (Å²) in [5.41, 5.74) is 5.50. The van der Waals surface area contributed by atoms with E-state index in [0.29, 0.717) is 12.2 Å². The van der Waals surface area contributed by atoms with Gasteiger partial charge in [0.15, 0.2) is 0 Å². The van der Waals surface area contributed by atoms with Crippen molar-refractivity contribution in [3.63, 3.8) is 0 Å². The number of nitrogen functional groups attached to an aromatic ring is 1. The van der Waals surface area contributed by atoms with Gasteiger partial charge >= 0.3 is 5.69 Å². The van der Waals surface area contributed by atoms with Crippen molar-refractivity contribution in [3.05, 3.63) is 28.9 Å². The Morgan fingerprint density at radius 3 is 3.06 bits per heavy atom. The third kappa shape index (κ3) is 2.16. The molecule has 0 aromatic carbocycles. The summed E-state index contributed by atoms with van der Waals surface area (Å²) in [6.45, 7) is 2.34. The minimum Gasteiger partial charge on any atom is -0.387 e. The summed E-state index contributed by atoms with van der Waals surface area (Å²) < 4.78 is 19.7. The van der Waals surface area contributed by atoms with Gasteiger partial charge in [0.1, 0.15) is 30.9 Å². The first-order valence-electron chi connectivity index (χ1n) is 5.15. The molecule has 1 fully saturated rings. The van der Waals surface area contributed by atoms with Crippen LogP contribution >= 0.6 is 0 Å². The van der Waals surface area contributed by atoms with Gasteiger partial charge in [-0.25, -0.2) is 9.18 Å². The second kappa shape index (κ2) is 4.42. The average molecular weight is 242 g/mol. The Labute approximate surface area is 96.8 Å². The highest BCUT2D eigenvalue weighted by atomic mass is 19.1. The lowest BCUT2D eigenvalue weighted by molar-refractivity contribution is -0.0136. The van der Waals surface area contributed by atoms with E-state index < -0.39 is 24.2 Å². The second-order valence-electron chi connectivity index (χ2n) is 3.96. The fraction of sp³-hybridized carbons (Fsp3) is 0.500. The number of hydrogen-bond donors (Lipinski definition) is 2. The van der Waals surface area contributed by atoms with Crippen LogP contribution in [0.4, 0.5) is 10.2 Å². The molecule has 17 heavy (non-hydrogen) atoms. The number of halogens is 1. The van der Waals surface area contributed by atoms with Crippen LogP contribution in [0.3, 0.4) is 0 Å². The van der Waals surface area contributed by atoms with Gasteiger partial charge < -0.3 is 15.6 Å². The Balaban J connectivity index is 2.30. The minimum atomic E-state index is -1.34. The maximum atomic E-state index is 13.4. The van der Waals surface area contributed by atoms with Gasteiger partial charge in [0.2, 0.25) is 0 Å². The van der Waals surface area contributed by atoms with Crippen LogP contribution in [-0.2, 0) is 4.74 Å². The first kappa shape index (κ1) is 12.0. The monoisotopic (exact) mass is 242 g/mol. The molecule has 0 spiro atoms. The number of aryl methyl sites for hydroxylation is 1. The van der Waals surface area contributed by atoms with Crippen LogP contribution in [0.1, 0.15) is 18.2 Å². The molecule has 0 aliphatic carbocycles. The predicted octanol–water partition coefficient (Wildman–Crippen LogP) is 0.294. The molecule has 1 aromatic heterocycles. The zero-order valence-corrected chi connectivity index (χ0v) is 9.21. The highest BCUT2D eigenvalue weighted by molar-refractivity contribution is 5.35. The molecule has 2 rings (SSSR count). The molecule has 6 nitrogen and oxygen atoms in total. The number of rotatable bonds is 2. The number of alkyl halides is 1. The molecular weight excluding hydrogens is 229 g/mol. The number of aliphatic hydroxyl groups excluding tert-OH is 1. The van der Waals surface area contributed by atoms with Crippen molar-refractivity contribution < 1.29 is 14.2 Å². The summed E-state index contributed by atoms with van der Waals surface area (Å²) in [7, 11) is 0. The summed E-state index contributed by atoms with van der Waals surface area (Å²) in [5, 5.41) is 8.76. The van der Waals surface area contributed by atoms with E-state index in [1.807, 2.05) is 0 Å². The van der Waals surface area contributed by atoms with E-state index in [1.165, 1.54) is 10.8 Å². The molecule has 2 heterocycles. The third-order valence-corrected chi connectivity index (χ3v) is 2.73. The van der Waals surface area contributed by atoms with Gasteiger partial charge in [0.05, 0.1) is 0 Å². The summed E-state index contributed by atoms with van der Waals surface area (Å²) in [6, 6.07) is 0. The molecular formula is C10H13FN3O3. The zero-order chi connectivity index (χ0) is 12.6. The van der Waals surface area contributed by atoms with Crippen LogP contribution in [0.25, 0.3) is 0 Å². The van der Waals surface area contributed by atoms with Crippen LogP contribution < -0.4 is 11.4 Å². The highest BCUT2D eigenvalue weighted by Crippen LogP contribution is 2.30. The Hall–Kier alpha value is -1.47. The van der Waals surface area contributed by atoms with Gasteiger partial charge in [-0.1, -0.05) is 0 Å². The lowest BCUT2D eigenvalue weighted by Gasteiger charge is -2.14. The lowest BCUT2D eigenvalue weighted by atomic mass is 10.2. The molecule has 0 saturated carbocycles. The van der Waals surface area contributed by atoms with Gasteiger partial charge in [-0.3, -0.25) is 4.57 Å². The smallest absolute Gasteiger partial charge is 0.351 e. The van der Waals surface area contributed by atoms with Crippen LogP contribution in [0.5, 0.6) is 0 Å². The molecule has 3 N–H and O–H groups in total. The van der Waals surface area contributed by atoms with E-state index in [1.54, 1.807) is 6.92 Å². The summed E-state index contributed by atoms with van der Waals surface area (Å²) in [4.78, 5) is 15.2. The Morgan fingerprint density at radius 2 is 2.47 bits per heavy atom. The van der Waals surface area contributed by atoms with E-state index >= 15 is 0 Å². The number of nitrogens with two attached hydrogens (primary N) is 1. The standard InChI is InChI=1S/C10H13FN3O3/c1-5-3-14(10(16)13-9(5)12)8-2-6(11)7(4-15)17-8/h3-4,6-8,15H,2H2,1H3,(H2,12,13,16)/t6?,7-,8-/m1/s1. The quantitative estimate of drug-likeness (QED) is 0.778. The van der Waals surface area contributed by atoms with Gasteiger partial charge in [-0.05, 0) is 6.92 Å². The summed E-state index contributed by atoms with van der Waals surface area (Å²) >= 11 is 0. The molecule has 1 aliphatic heterocycles. The van der Waals surface area contributed by atoms with Crippen molar-refractivity contribution in [2.45, 2.75) is 31.8 Å². The van der Waals surface area contributed by atoms with E-state index in [0.717, 1.165) is 0 Å². The number of nitrogens with zero attached hydrogens (tertiary/aromatic N) is 2. The van der Waals surface area contributed by atoms with Crippen molar-refractivity contribution in [1.29, 1.82) is 0 Å². The van der Waals surface area contributed by atoms with E-state index in [9.17, 15) is 9.18 Å². The fourth-order valence-corrected chi connectivity index (χ4v) is 1.74. The SMILES string of the molecule is Cc1cn([C@H]2CC(F)[C@@H]([CH]O)O2)c(=O)nc1N. The van der Waals surface area contributed by atoms with Crippen molar-refractivity contribution in [1.82, 2.24) is 9.55 Å². The normalized spacial score (nSPS) is 28.5. The molecule has 1 aliphatic rings. The van der Waals surface area contributed by atoms with Crippen LogP contribution in [0.15, 0.2) is 11.0 Å². The highest BCUT2D eigenvalue weighted by Gasteiger charge is 2.36. The van der Waals surface area contributed by atoms with Crippen molar-refractivity contribution >= 4 is 5.82 Å². The largest absolute Gasteiger partial charge is 0.387 e. The summed E-state index contributed by atoms with van der Waals surface area (Å²) in [5.74, 6) is 0.145. The number of anilines is 1. The van der Waals surface area contributed by atoms with Gasteiger partial charge in [0.25, 0.3) is 0 Å². The van der Waals surface area contributed by atoms with Crippen LogP contribution in [0, 0.1) is 13.5 Å². The second-order valence-corrected chi connectivity index (χ2v) is 3.96. The third-order valence-electron chi connectivity index (χ3n) is 2.73. The molecule has 1 saturated heterocycles. The minimum absolute atomic E-state index is 0.00727. The lowest BCUT2D eigenvalue weighted by Crippen LogP contribution is -2.28. The molecule has 0 amide bonds. The number of ether oxygens (including phenoxy) is 1. The maximum Gasteiger partial charge on any atom is 0.351 e. The number of hydrogen-bond acceptors (Lipinski definition) is 5. The Morgan fingerprint density at radius 1 is 1.76 bits per heavy atom. The van der Waals surface area contributed by atoms with Crippen LogP contribution in [-0.4, -0.2) is 26.9 Å². The first-order valence-corrected chi connectivity index (χ1v) is 5.15. The maximum absolute atomic E-state index is 13.4. The topological polar surface area (TPSA) is 90.4 Å². The molecule has 1 aromatic rings. The van der Waals surface area contributed by atoms with Crippen molar-refractivity contribution in [2.24, 2.45) is 0 Å². The van der Waals surface area contributed by atoms with E-state index in [2.05, 4.69) is 4.98 Å². The predicted molar refractivity (Wildman–Crippen MR) is 57.3 cm³/mol. The average Bonchev–Trinajstić information content (AvgIpc) is 2.65. The first-order chi connectivity index (χ1) is 8.02. The Kier molecular flexibility index (Phi) is 3.12. The molecule has 0 bridgehead atoms. The van der Waals surface area contributed by atoms with E-state index in [-0.39, 0.29) is 12.2 Å². The molecule has 1 radical (unpaired) electrons. The zero-order valence-electron chi connectivity index (χ0n) is 9.21. The van der Waals surface area contributed by atoms with Crippen molar-refractivity contribution in [3.8, 4) is 0 Å². The van der Waals surface area contributed by atoms with Gasteiger partial charge in [0, 0.05) is 18.2 Å². The molecule has 93 valence electrons. The Bertz CT molecular complexity index is 476. The van der Waals surface area contributed by atoms with Gasteiger partial charge in [-0.15, -0.1) is 0 Å². The summed E-state index contributed by atoms with van der Waals surface area (Å²) in [6.07, 6.45) is -1.65. The van der Waals surface area contributed by atoms with Crippen molar-refractivity contribution in [2.75, 3.05) is 5.73 Å². The fourth-order valence-electron chi connectivity index (χ4n) is 1.74. The number of aliphatic hydroxyl groups is 1. The molecule has 1 unspecified atom stereocenters. The van der Waals surface area contributed by atoms with E-state index in [4.69, 9.17) is 15.6 Å². The molecule has 3 atom stereocenters. The number of aromatic nitrogens is 2. The molecule has 7 heteroatoms.